The van der Waals surface area contributed by atoms with E-state index in [-0.39, 0.29) is 0 Å². The van der Waals surface area contributed by atoms with Crippen LogP contribution >= 0.6 is 11.3 Å². The number of aromatic nitrogens is 1. The van der Waals surface area contributed by atoms with E-state index in [0.29, 0.717) is 10.8 Å². The van der Waals surface area contributed by atoms with E-state index in [0.717, 1.165) is 31.6 Å². The van der Waals surface area contributed by atoms with Crippen molar-refractivity contribution in [2.75, 3.05) is 24.2 Å². The predicted molar refractivity (Wildman–Crippen MR) is 102 cm³/mol. The average Bonchev–Trinajstić information content (AvgIpc) is 3.05. The highest BCUT2D eigenvalue weighted by Crippen LogP contribution is 2.36. The first-order valence-electron chi connectivity index (χ1n) is 9.04. The molecule has 0 bridgehead atoms. The fourth-order valence-corrected chi connectivity index (χ4v) is 5.77. The van der Waals surface area contributed by atoms with Crippen LogP contribution in [0.25, 0.3) is 0 Å². The number of aryl methyl sites for hydroxylation is 2. The van der Waals surface area contributed by atoms with Crippen LogP contribution in [-0.4, -0.2) is 32.7 Å². The van der Waals surface area contributed by atoms with Gasteiger partial charge in [-0.05, 0) is 62.8 Å². The topological polar surface area (TPSA) is 50.3 Å². The van der Waals surface area contributed by atoms with Gasteiger partial charge in [-0.25, -0.2) is 13.4 Å². The Kier molecular flexibility index (Phi) is 4.58. The first-order valence-corrected chi connectivity index (χ1v) is 11.7. The Hall–Kier alpha value is -1.40. The number of rotatable bonds is 3. The van der Waals surface area contributed by atoms with Gasteiger partial charge in [-0.1, -0.05) is 0 Å². The Morgan fingerprint density at radius 2 is 1.88 bits per heavy atom. The van der Waals surface area contributed by atoms with Crippen LogP contribution in [0.15, 0.2) is 29.2 Å². The van der Waals surface area contributed by atoms with E-state index in [2.05, 4.69) is 4.90 Å². The van der Waals surface area contributed by atoms with Crippen molar-refractivity contribution in [2.24, 2.45) is 0 Å². The summed E-state index contributed by atoms with van der Waals surface area (Å²) in [4.78, 5) is 9.23. The second-order valence-corrected chi connectivity index (χ2v) is 10.3. The van der Waals surface area contributed by atoms with Gasteiger partial charge in [0.25, 0.3) is 0 Å². The molecule has 1 aromatic carbocycles. The Morgan fingerprint density at radius 1 is 1.12 bits per heavy atom. The molecule has 1 aliphatic heterocycles. The Bertz CT molecular complexity index is 833. The van der Waals surface area contributed by atoms with Crippen molar-refractivity contribution in [3.05, 3.63) is 39.8 Å². The van der Waals surface area contributed by atoms with Crippen molar-refractivity contribution in [1.82, 2.24) is 4.98 Å². The molecule has 1 unspecified atom stereocenters. The van der Waals surface area contributed by atoms with Gasteiger partial charge < -0.3 is 4.90 Å². The largest absolute Gasteiger partial charge is 0.371 e. The minimum Gasteiger partial charge on any atom is -0.371 e. The Labute approximate surface area is 153 Å². The molecule has 25 heavy (non-hydrogen) atoms. The number of thiazole rings is 1. The number of benzene rings is 1. The van der Waals surface area contributed by atoms with Gasteiger partial charge in [0.2, 0.25) is 0 Å². The zero-order valence-corrected chi connectivity index (χ0v) is 16.2. The summed E-state index contributed by atoms with van der Waals surface area (Å²) in [7, 11) is -3.13. The summed E-state index contributed by atoms with van der Waals surface area (Å²) >= 11 is 1.93. The van der Waals surface area contributed by atoms with Crippen molar-refractivity contribution in [1.29, 1.82) is 0 Å². The molecular formula is C19H24N2O2S2. The lowest BCUT2D eigenvalue weighted by Crippen LogP contribution is -2.34. The Balaban J connectivity index is 1.52. The minimum absolute atomic E-state index is 0.386. The van der Waals surface area contributed by atoms with Crippen LogP contribution in [0.1, 0.15) is 47.2 Å². The van der Waals surface area contributed by atoms with Gasteiger partial charge in [-0.2, -0.15) is 0 Å². The minimum atomic E-state index is -3.13. The highest BCUT2D eigenvalue weighted by Gasteiger charge is 2.26. The third kappa shape index (κ3) is 3.60. The molecule has 2 aromatic rings. The van der Waals surface area contributed by atoms with E-state index in [1.807, 2.05) is 23.5 Å². The van der Waals surface area contributed by atoms with Crippen LogP contribution in [-0.2, 0) is 22.7 Å². The quantitative estimate of drug-likeness (QED) is 0.817. The zero-order chi connectivity index (χ0) is 17.4. The van der Waals surface area contributed by atoms with E-state index >= 15 is 0 Å². The van der Waals surface area contributed by atoms with Gasteiger partial charge >= 0.3 is 0 Å². The van der Waals surface area contributed by atoms with Crippen molar-refractivity contribution in [3.63, 3.8) is 0 Å². The number of sulfone groups is 1. The maximum atomic E-state index is 11.6. The van der Waals surface area contributed by atoms with Crippen molar-refractivity contribution < 1.29 is 8.42 Å². The molecule has 1 saturated heterocycles. The first kappa shape index (κ1) is 17.0. The maximum Gasteiger partial charge on any atom is 0.175 e. The molecule has 2 aliphatic rings. The highest BCUT2D eigenvalue weighted by atomic mass is 32.2. The van der Waals surface area contributed by atoms with E-state index in [1.54, 1.807) is 12.1 Å². The summed E-state index contributed by atoms with van der Waals surface area (Å²) in [5.74, 6) is 0.499. The molecule has 134 valence electrons. The number of fused-ring (bicyclic) bond motifs is 1. The molecule has 4 rings (SSSR count). The summed E-state index contributed by atoms with van der Waals surface area (Å²) in [6.07, 6.45) is 8.54. The normalized spacial score (nSPS) is 21.2. The summed E-state index contributed by atoms with van der Waals surface area (Å²) in [5.41, 5.74) is 2.46. The fraction of sp³-hybridized carbons (Fsp3) is 0.526. The lowest BCUT2D eigenvalue weighted by atomic mass is 9.98. The molecule has 0 radical (unpaired) electrons. The van der Waals surface area contributed by atoms with Crippen LogP contribution in [0.4, 0.5) is 5.69 Å². The molecule has 0 N–H and O–H groups in total. The van der Waals surface area contributed by atoms with Gasteiger partial charge in [0.05, 0.1) is 15.6 Å². The smallest absolute Gasteiger partial charge is 0.175 e. The van der Waals surface area contributed by atoms with Crippen molar-refractivity contribution in [2.45, 2.75) is 49.3 Å². The van der Waals surface area contributed by atoms with Crippen LogP contribution in [0, 0.1) is 0 Å². The molecule has 1 fully saturated rings. The van der Waals surface area contributed by atoms with Gasteiger partial charge in [-0.3, -0.25) is 0 Å². The maximum absolute atomic E-state index is 11.6. The van der Waals surface area contributed by atoms with E-state index in [1.165, 1.54) is 47.5 Å². The van der Waals surface area contributed by atoms with Gasteiger partial charge in [0.15, 0.2) is 9.84 Å². The SMILES string of the molecule is CS(=O)(=O)c1ccc(N2CCCC(c3nc4c(s3)CCCC4)C2)cc1. The monoisotopic (exact) mass is 376 g/mol. The van der Waals surface area contributed by atoms with Crippen LogP contribution in [0.2, 0.25) is 0 Å². The molecule has 0 saturated carbocycles. The van der Waals surface area contributed by atoms with Crippen molar-refractivity contribution in [3.8, 4) is 0 Å². The number of piperidine rings is 1. The summed E-state index contributed by atoms with van der Waals surface area (Å²) in [6, 6.07) is 7.31. The lowest BCUT2D eigenvalue weighted by molar-refractivity contribution is 0.507. The molecule has 4 nitrogen and oxygen atoms in total. The lowest BCUT2D eigenvalue weighted by Gasteiger charge is -2.33. The number of hydrogen-bond acceptors (Lipinski definition) is 5. The molecular weight excluding hydrogens is 352 g/mol. The summed E-state index contributed by atoms with van der Waals surface area (Å²) in [5, 5.41) is 1.31. The second kappa shape index (κ2) is 6.72. The number of nitrogens with zero attached hydrogens (tertiary/aromatic N) is 2. The first-order chi connectivity index (χ1) is 12.0. The fourth-order valence-electron chi connectivity index (χ4n) is 3.86. The molecule has 1 atom stereocenters. The average molecular weight is 377 g/mol. The molecule has 0 spiro atoms. The molecule has 0 amide bonds. The van der Waals surface area contributed by atoms with Crippen LogP contribution in [0.5, 0.6) is 0 Å². The summed E-state index contributed by atoms with van der Waals surface area (Å²) in [6.45, 7) is 2.00. The predicted octanol–water partition coefficient (Wildman–Crippen LogP) is 3.81. The molecule has 1 aromatic heterocycles. The highest BCUT2D eigenvalue weighted by molar-refractivity contribution is 7.90. The number of hydrogen-bond donors (Lipinski definition) is 0. The van der Waals surface area contributed by atoms with E-state index in [9.17, 15) is 8.42 Å². The standard InChI is InChI=1S/C19H24N2O2S2/c1-25(22,23)16-10-8-15(9-11-16)21-12-4-5-14(13-21)19-20-17-6-2-3-7-18(17)24-19/h8-11,14H,2-7,12-13H2,1H3. The number of anilines is 1. The van der Waals surface area contributed by atoms with Gasteiger partial charge in [0.1, 0.15) is 0 Å². The molecule has 2 heterocycles. The third-order valence-electron chi connectivity index (χ3n) is 5.26. The molecule has 6 heteroatoms. The van der Waals surface area contributed by atoms with Crippen LogP contribution in [0.3, 0.4) is 0 Å². The van der Waals surface area contributed by atoms with Crippen molar-refractivity contribution >= 4 is 26.9 Å². The third-order valence-corrected chi connectivity index (χ3v) is 7.71. The van der Waals surface area contributed by atoms with Gasteiger partial charge in [-0.15, -0.1) is 11.3 Å². The van der Waals surface area contributed by atoms with Gasteiger partial charge in [0, 0.05) is 35.8 Å². The summed E-state index contributed by atoms with van der Waals surface area (Å²) < 4.78 is 23.3. The second-order valence-electron chi connectivity index (χ2n) is 7.18. The van der Waals surface area contributed by atoms with Crippen LogP contribution < -0.4 is 4.90 Å². The Morgan fingerprint density at radius 3 is 2.60 bits per heavy atom. The van der Waals surface area contributed by atoms with E-state index < -0.39 is 9.84 Å². The molecule has 1 aliphatic carbocycles. The zero-order valence-electron chi connectivity index (χ0n) is 14.6. The van der Waals surface area contributed by atoms with E-state index in [4.69, 9.17) is 4.98 Å².